The van der Waals surface area contributed by atoms with Crippen LogP contribution in [-0.2, 0) is 0 Å². The topological polar surface area (TPSA) is 36.7 Å². The molecule has 0 atom stereocenters. The molecule has 0 saturated carbocycles. The maximum Gasteiger partial charge on any atom is 0.214 e. The van der Waals surface area contributed by atoms with Gasteiger partial charge in [0, 0.05) is 15.9 Å². The Labute approximate surface area is 88.1 Å². The van der Waals surface area contributed by atoms with E-state index in [-0.39, 0.29) is 0 Å². The predicted octanol–water partition coefficient (Wildman–Crippen LogP) is 3.01. The molecule has 1 aromatic carbocycles. The molecule has 14 heavy (non-hydrogen) atoms. The van der Waals surface area contributed by atoms with Gasteiger partial charge in [-0.15, -0.1) is 0 Å². The Morgan fingerprint density at radius 3 is 2.86 bits per heavy atom. The van der Waals surface area contributed by atoms with Crippen LogP contribution in [0.2, 0.25) is 0 Å². The lowest BCUT2D eigenvalue weighted by atomic mass is 10.1. The molecule has 0 amide bonds. The van der Waals surface area contributed by atoms with E-state index in [9.17, 15) is 4.39 Å². The number of aromatic nitrogens is 1. The second-order valence-electron chi connectivity index (χ2n) is 2.77. The lowest BCUT2D eigenvalue weighted by Gasteiger charge is -2.00. The molecule has 0 saturated heterocycles. The van der Waals surface area contributed by atoms with Gasteiger partial charge < -0.3 is 0 Å². The van der Waals surface area contributed by atoms with Gasteiger partial charge in [-0.2, -0.15) is 9.65 Å². The first-order valence-electron chi connectivity index (χ1n) is 3.86. The van der Waals surface area contributed by atoms with E-state index in [2.05, 4.69) is 20.9 Å². The van der Waals surface area contributed by atoms with Gasteiger partial charge >= 0.3 is 0 Å². The molecular weight excluding hydrogens is 247 g/mol. The molecule has 2 aromatic rings. The van der Waals surface area contributed by atoms with E-state index >= 15 is 0 Å². The van der Waals surface area contributed by atoms with E-state index < -0.39 is 5.95 Å². The smallest absolute Gasteiger partial charge is 0.214 e. The molecule has 0 bridgehead atoms. The largest absolute Gasteiger partial charge is 0.220 e. The summed E-state index contributed by atoms with van der Waals surface area (Å²) in [4.78, 5) is 3.71. The molecule has 0 aliphatic carbocycles. The van der Waals surface area contributed by atoms with Gasteiger partial charge in [-0.3, -0.25) is 0 Å². The van der Waals surface area contributed by atoms with Crippen molar-refractivity contribution in [3.63, 3.8) is 0 Å². The van der Waals surface area contributed by atoms with Crippen LogP contribution in [0.15, 0.2) is 28.7 Å². The lowest BCUT2D eigenvalue weighted by molar-refractivity contribution is 0.588. The second kappa shape index (κ2) is 3.35. The Morgan fingerprint density at radius 2 is 2.14 bits per heavy atom. The highest BCUT2D eigenvalue weighted by molar-refractivity contribution is 9.10. The summed E-state index contributed by atoms with van der Waals surface area (Å²) in [5.74, 6) is -0.533. The van der Waals surface area contributed by atoms with Crippen molar-refractivity contribution in [2.24, 2.45) is 0 Å². The Morgan fingerprint density at radius 1 is 1.36 bits per heavy atom. The number of fused-ring (bicyclic) bond motifs is 1. The van der Waals surface area contributed by atoms with Crippen LogP contribution >= 0.6 is 15.9 Å². The molecule has 1 aromatic heterocycles. The Bertz CT molecular complexity index is 546. The van der Waals surface area contributed by atoms with Crippen molar-refractivity contribution in [3.05, 3.63) is 40.2 Å². The zero-order valence-electron chi connectivity index (χ0n) is 6.96. The van der Waals surface area contributed by atoms with Crippen LogP contribution in [0, 0.1) is 17.3 Å². The normalized spacial score (nSPS) is 10.1. The highest BCUT2D eigenvalue weighted by Gasteiger charge is 2.03. The molecule has 1 heterocycles. The van der Waals surface area contributed by atoms with E-state index in [4.69, 9.17) is 5.26 Å². The molecule has 0 N–H and O–H groups in total. The summed E-state index contributed by atoms with van der Waals surface area (Å²) >= 11 is 3.22. The van der Waals surface area contributed by atoms with Crippen molar-refractivity contribution >= 4 is 26.8 Å². The number of rotatable bonds is 0. The molecule has 0 fully saturated rings. The maximum atomic E-state index is 12.9. The number of nitrogens with zero attached hydrogens (tertiary/aromatic N) is 2. The average molecular weight is 251 g/mol. The fourth-order valence-electron chi connectivity index (χ4n) is 1.22. The minimum absolute atomic E-state index is 0.533. The van der Waals surface area contributed by atoms with Gasteiger partial charge in [-0.25, -0.2) is 4.98 Å². The first-order valence-corrected chi connectivity index (χ1v) is 4.66. The van der Waals surface area contributed by atoms with E-state index in [1.165, 1.54) is 6.07 Å². The predicted molar refractivity (Wildman–Crippen MR) is 54.1 cm³/mol. The van der Waals surface area contributed by atoms with Crippen molar-refractivity contribution in [1.82, 2.24) is 4.98 Å². The number of hydrogen-bond donors (Lipinski definition) is 0. The van der Waals surface area contributed by atoms with E-state index in [1.807, 2.05) is 6.07 Å². The molecule has 0 aliphatic rings. The highest BCUT2D eigenvalue weighted by Crippen LogP contribution is 2.23. The first-order chi connectivity index (χ1) is 6.70. The van der Waals surface area contributed by atoms with E-state index in [0.717, 1.165) is 5.39 Å². The minimum atomic E-state index is -0.533. The van der Waals surface area contributed by atoms with Crippen LogP contribution in [0.5, 0.6) is 0 Å². The van der Waals surface area contributed by atoms with Gasteiger partial charge in [-0.05, 0) is 34.1 Å². The SMILES string of the molecule is N#Cc1ccc2nc(F)cc(Br)c2c1. The first kappa shape index (κ1) is 9.10. The summed E-state index contributed by atoms with van der Waals surface area (Å²) in [6.45, 7) is 0. The summed E-state index contributed by atoms with van der Waals surface area (Å²) in [7, 11) is 0. The van der Waals surface area contributed by atoms with Crippen molar-refractivity contribution in [3.8, 4) is 6.07 Å². The average Bonchev–Trinajstić information content (AvgIpc) is 2.17. The molecule has 4 heteroatoms. The summed E-state index contributed by atoms with van der Waals surface area (Å²) in [6.07, 6.45) is 0. The molecular formula is C10H4BrFN2. The van der Waals surface area contributed by atoms with Crippen LogP contribution in [0.1, 0.15) is 5.56 Å². The van der Waals surface area contributed by atoms with Crippen molar-refractivity contribution in [2.75, 3.05) is 0 Å². The summed E-state index contributed by atoms with van der Waals surface area (Å²) in [6, 6.07) is 8.21. The summed E-state index contributed by atoms with van der Waals surface area (Å²) in [5, 5.41) is 9.42. The molecule has 0 unspecified atom stereocenters. The van der Waals surface area contributed by atoms with Gasteiger partial charge in [0.1, 0.15) is 0 Å². The Hall–Kier alpha value is -1.47. The standard InChI is InChI=1S/C10H4BrFN2/c11-8-4-10(12)14-9-2-1-6(5-13)3-7(8)9/h1-4H. The monoisotopic (exact) mass is 250 g/mol. The molecule has 0 aliphatic heterocycles. The number of hydrogen-bond acceptors (Lipinski definition) is 2. The molecule has 0 radical (unpaired) electrons. The van der Waals surface area contributed by atoms with Crippen LogP contribution < -0.4 is 0 Å². The van der Waals surface area contributed by atoms with Crippen LogP contribution in [0.3, 0.4) is 0 Å². The Balaban J connectivity index is 2.84. The number of benzene rings is 1. The van der Waals surface area contributed by atoms with Crippen molar-refractivity contribution in [2.45, 2.75) is 0 Å². The fourth-order valence-corrected chi connectivity index (χ4v) is 1.73. The molecule has 68 valence electrons. The van der Waals surface area contributed by atoms with E-state index in [1.54, 1.807) is 18.2 Å². The molecule has 0 spiro atoms. The fraction of sp³-hybridized carbons (Fsp3) is 0. The second-order valence-corrected chi connectivity index (χ2v) is 3.62. The van der Waals surface area contributed by atoms with Crippen molar-refractivity contribution < 1.29 is 4.39 Å². The third kappa shape index (κ3) is 1.47. The summed E-state index contributed by atoms with van der Waals surface area (Å²) in [5.41, 5.74) is 1.07. The van der Waals surface area contributed by atoms with Gasteiger partial charge in [0.25, 0.3) is 0 Å². The number of pyridine rings is 1. The number of halogens is 2. The number of nitriles is 1. The third-order valence-corrected chi connectivity index (χ3v) is 2.51. The molecule has 2 rings (SSSR count). The Kier molecular flexibility index (Phi) is 2.18. The highest BCUT2D eigenvalue weighted by atomic mass is 79.9. The van der Waals surface area contributed by atoms with Crippen molar-refractivity contribution in [1.29, 1.82) is 5.26 Å². The quantitative estimate of drug-likeness (QED) is 0.675. The summed E-state index contributed by atoms with van der Waals surface area (Å²) < 4.78 is 13.5. The van der Waals surface area contributed by atoms with Crippen LogP contribution in [0.25, 0.3) is 10.9 Å². The maximum absolute atomic E-state index is 12.9. The third-order valence-electron chi connectivity index (χ3n) is 1.86. The molecule has 2 nitrogen and oxygen atoms in total. The van der Waals surface area contributed by atoms with Gasteiger partial charge in [0.15, 0.2) is 0 Å². The zero-order valence-corrected chi connectivity index (χ0v) is 8.55. The van der Waals surface area contributed by atoms with Crippen LogP contribution in [0.4, 0.5) is 4.39 Å². The van der Waals surface area contributed by atoms with Crippen LogP contribution in [-0.4, -0.2) is 4.98 Å². The zero-order chi connectivity index (χ0) is 10.1. The van der Waals surface area contributed by atoms with Gasteiger partial charge in [0.2, 0.25) is 5.95 Å². The lowest BCUT2D eigenvalue weighted by Crippen LogP contribution is -1.86. The van der Waals surface area contributed by atoms with E-state index in [0.29, 0.717) is 15.6 Å². The van der Waals surface area contributed by atoms with Gasteiger partial charge in [-0.1, -0.05) is 0 Å². The van der Waals surface area contributed by atoms with Gasteiger partial charge in [0.05, 0.1) is 17.1 Å². The minimum Gasteiger partial charge on any atom is -0.220 e.